The van der Waals surface area contributed by atoms with E-state index in [2.05, 4.69) is 20.8 Å². The standard InChI is InChI=1S/C16H22FN5O/c1-11(14-21-19-10-22(14)4)20-15(23)18-9-16(2,3)12-7-5-6-8-13(12)17/h5-8,10-11H,9H2,1-4H3,(H2,18,20,23)/t11-/m0/s1. The Labute approximate surface area is 135 Å². The fourth-order valence-electron chi connectivity index (χ4n) is 2.40. The molecule has 0 saturated heterocycles. The van der Waals surface area contributed by atoms with E-state index >= 15 is 0 Å². The van der Waals surface area contributed by atoms with Crippen molar-refractivity contribution in [3.8, 4) is 0 Å². The summed E-state index contributed by atoms with van der Waals surface area (Å²) in [5.74, 6) is 0.390. The molecule has 1 heterocycles. The third kappa shape index (κ3) is 4.06. The number of nitrogens with one attached hydrogen (secondary N) is 2. The Bertz CT molecular complexity index is 683. The Morgan fingerprint density at radius 3 is 2.70 bits per heavy atom. The number of nitrogens with zero attached hydrogens (tertiary/aromatic N) is 3. The van der Waals surface area contributed by atoms with Crippen molar-refractivity contribution in [2.75, 3.05) is 6.54 Å². The first kappa shape index (κ1) is 16.9. The van der Waals surface area contributed by atoms with Gasteiger partial charge in [0, 0.05) is 19.0 Å². The summed E-state index contributed by atoms with van der Waals surface area (Å²) in [5, 5.41) is 13.3. The van der Waals surface area contributed by atoms with Crippen LogP contribution in [0.3, 0.4) is 0 Å². The summed E-state index contributed by atoms with van der Waals surface area (Å²) in [5.41, 5.74) is 0.0538. The van der Waals surface area contributed by atoms with Gasteiger partial charge in [-0.25, -0.2) is 9.18 Å². The van der Waals surface area contributed by atoms with E-state index in [1.165, 1.54) is 6.07 Å². The highest BCUT2D eigenvalue weighted by Crippen LogP contribution is 2.24. The maximum Gasteiger partial charge on any atom is 0.315 e. The average Bonchev–Trinajstić information content (AvgIpc) is 2.92. The number of aromatic nitrogens is 3. The average molecular weight is 319 g/mol. The van der Waals surface area contributed by atoms with Gasteiger partial charge >= 0.3 is 6.03 Å². The molecule has 0 aliphatic heterocycles. The van der Waals surface area contributed by atoms with E-state index < -0.39 is 5.41 Å². The third-order valence-electron chi connectivity index (χ3n) is 3.78. The Morgan fingerprint density at radius 1 is 1.39 bits per heavy atom. The molecule has 7 heteroatoms. The van der Waals surface area contributed by atoms with Gasteiger partial charge in [-0.15, -0.1) is 10.2 Å². The monoisotopic (exact) mass is 319 g/mol. The van der Waals surface area contributed by atoms with Crippen LogP contribution in [-0.4, -0.2) is 27.3 Å². The third-order valence-corrected chi connectivity index (χ3v) is 3.78. The van der Waals surface area contributed by atoms with E-state index in [4.69, 9.17) is 0 Å². The largest absolute Gasteiger partial charge is 0.337 e. The van der Waals surface area contributed by atoms with Crippen molar-refractivity contribution in [1.82, 2.24) is 25.4 Å². The molecule has 0 fully saturated rings. The Balaban J connectivity index is 1.94. The summed E-state index contributed by atoms with van der Waals surface area (Å²) in [4.78, 5) is 12.0. The molecule has 23 heavy (non-hydrogen) atoms. The molecule has 2 rings (SSSR count). The molecule has 2 amide bonds. The van der Waals surface area contributed by atoms with Gasteiger partial charge in [-0.1, -0.05) is 32.0 Å². The lowest BCUT2D eigenvalue weighted by Crippen LogP contribution is -2.43. The number of hydrogen-bond acceptors (Lipinski definition) is 3. The number of aryl methyl sites for hydroxylation is 1. The predicted octanol–water partition coefficient (Wildman–Crippen LogP) is 2.29. The van der Waals surface area contributed by atoms with Crippen molar-refractivity contribution in [2.45, 2.75) is 32.2 Å². The minimum absolute atomic E-state index is 0.271. The van der Waals surface area contributed by atoms with Crippen LogP contribution in [0.25, 0.3) is 0 Å². The van der Waals surface area contributed by atoms with Gasteiger partial charge in [0.05, 0.1) is 6.04 Å². The SMILES string of the molecule is C[C@H](NC(=O)NCC(C)(C)c1ccccc1F)c1nncn1C. The van der Waals surface area contributed by atoms with E-state index in [0.717, 1.165) is 0 Å². The molecule has 0 aliphatic carbocycles. The quantitative estimate of drug-likeness (QED) is 0.888. The molecule has 0 spiro atoms. The molecule has 1 aromatic carbocycles. The maximum absolute atomic E-state index is 13.9. The van der Waals surface area contributed by atoms with Crippen molar-refractivity contribution >= 4 is 6.03 Å². The molecule has 1 atom stereocenters. The van der Waals surface area contributed by atoms with Crippen LogP contribution in [0, 0.1) is 5.82 Å². The molecule has 6 nitrogen and oxygen atoms in total. The molecule has 0 aliphatic rings. The van der Waals surface area contributed by atoms with E-state index in [1.807, 2.05) is 27.8 Å². The molecular weight excluding hydrogens is 297 g/mol. The van der Waals surface area contributed by atoms with Crippen LogP contribution in [0.5, 0.6) is 0 Å². The molecular formula is C16H22FN5O. The zero-order chi connectivity index (χ0) is 17.0. The minimum atomic E-state index is -0.517. The summed E-state index contributed by atoms with van der Waals surface area (Å²) in [6, 6.07) is 5.99. The van der Waals surface area contributed by atoms with Crippen LogP contribution in [0.1, 0.15) is 38.2 Å². The highest BCUT2D eigenvalue weighted by Gasteiger charge is 2.25. The second-order valence-electron chi connectivity index (χ2n) is 6.21. The molecule has 0 saturated carbocycles. The summed E-state index contributed by atoms with van der Waals surface area (Å²) >= 11 is 0. The van der Waals surface area contributed by atoms with E-state index in [1.54, 1.807) is 29.1 Å². The van der Waals surface area contributed by atoms with Crippen molar-refractivity contribution in [1.29, 1.82) is 0 Å². The maximum atomic E-state index is 13.9. The number of halogens is 1. The second-order valence-corrected chi connectivity index (χ2v) is 6.21. The van der Waals surface area contributed by atoms with Crippen LogP contribution in [0.2, 0.25) is 0 Å². The summed E-state index contributed by atoms with van der Waals surface area (Å²) in [7, 11) is 1.81. The molecule has 124 valence electrons. The number of rotatable bonds is 5. The molecule has 2 N–H and O–H groups in total. The van der Waals surface area contributed by atoms with Crippen molar-refractivity contribution in [2.24, 2.45) is 7.05 Å². The smallest absolute Gasteiger partial charge is 0.315 e. The van der Waals surface area contributed by atoms with Gasteiger partial charge in [0.1, 0.15) is 12.1 Å². The molecule has 0 bridgehead atoms. The zero-order valence-electron chi connectivity index (χ0n) is 13.8. The van der Waals surface area contributed by atoms with Gasteiger partial charge in [-0.3, -0.25) is 0 Å². The molecule has 0 radical (unpaired) electrons. The van der Waals surface area contributed by atoms with E-state index in [0.29, 0.717) is 17.9 Å². The first-order chi connectivity index (χ1) is 10.8. The summed E-state index contributed by atoms with van der Waals surface area (Å²) < 4.78 is 15.6. The van der Waals surface area contributed by atoms with Crippen molar-refractivity contribution in [3.63, 3.8) is 0 Å². The van der Waals surface area contributed by atoms with Gasteiger partial charge in [0.25, 0.3) is 0 Å². The lowest BCUT2D eigenvalue weighted by molar-refractivity contribution is 0.234. The number of carbonyl (C=O) groups is 1. The number of hydrogen-bond donors (Lipinski definition) is 2. The van der Waals surface area contributed by atoms with Gasteiger partial charge in [-0.2, -0.15) is 0 Å². The number of urea groups is 1. The van der Waals surface area contributed by atoms with Gasteiger partial charge in [0.2, 0.25) is 0 Å². The van der Waals surface area contributed by atoms with Crippen LogP contribution < -0.4 is 10.6 Å². The first-order valence-corrected chi connectivity index (χ1v) is 7.44. The van der Waals surface area contributed by atoms with E-state index in [9.17, 15) is 9.18 Å². The van der Waals surface area contributed by atoms with Gasteiger partial charge in [-0.05, 0) is 18.6 Å². The molecule has 0 unspecified atom stereocenters. The number of amides is 2. The van der Waals surface area contributed by atoms with Crippen LogP contribution in [-0.2, 0) is 12.5 Å². The second kappa shape index (κ2) is 6.76. The van der Waals surface area contributed by atoms with Crippen LogP contribution in [0.4, 0.5) is 9.18 Å². The van der Waals surface area contributed by atoms with Crippen molar-refractivity contribution in [3.05, 3.63) is 47.8 Å². The molecule has 2 aromatic rings. The Kier molecular flexibility index (Phi) is 4.98. The fraction of sp³-hybridized carbons (Fsp3) is 0.438. The number of benzene rings is 1. The zero-order valence-corrected chi connectivity index (χ0v) is 13.8. The lowest BCUT2D eigenvalue weighted by atomic mass is 9.84. The van der Waals surface area contributed by atoms with E-state index in [-0.39, 0.29) is 17.9 Å². The summed E-state index contributed by atoms with van der Waals surface area (Å²) in [6.45, 7) is 5.91. The lowest BCUT2D eigenvalue weighted by Gasteiger charge is -2.26. The predicted molar refractivity (Wildman–Crippen MR) is 85.4 cm³/mol. The highest BCUT2D eigenvalue weighted by atomic mass is 19.1. The Morgan fingerprint density at radius 2 is 2.09 bits per heavy atom. The van der Waals surface area contributed by atoms with Crippen LogP contribution in [0.15, 0.2) is 30.6 Å². The topological polar surface area (TPSA) is 71.8 Å². The normalized spacial score (nSPS) is 12.7. The fourth-order valence-corrected chi connectivity index (χ4v) is 2.40. The van der Waals surface area contributed by atoms with Gasteiger partial charge in [0.15, 0.2) is 5.82 Å². The minimum Gasteiger partial charge on any atom is -0.337 e. The van der Waals surface area contributed by atoms with Crippen LogP contribution >= 0.6 is 0 Å². The highest BCUT2D eigenvalue weighted by molar-refractivity contribution is 5.74. The van der Waals surface area contributed by atoms with Gasteiger partial charge < -0.3 is 15.2 Å². The summed E-state index contributed by atoms with van der Waals surface area (Å²) in [6.07, 6.45) is 1.58. The first-order valence-electron chi connectivity index (χ1n) is 7.44. The number of carbonyl (C=O) groups excluding carboxylic acids is 1. The molecule has 1 aromatic heterocycles. The Hall–Kier alpha value is -2.44. The van der Waals surface area contributed by atoms with Crippen molar-refractivity contribution < 1.29 is 9.18 Å².